The van der Waals surface area contributed by atoms with Crippen molar-refractivity contribution in [1.82, 2.24) is 0 Å². The molecule has 6 N–H and O–H groups in total. The van der Waals surface area contributed by atoms with Crippen molar-refractivity contribution in [1.29, 1.82) is 0 Å². The van der Waals surface area contributed by atoms with E-state index in [4.69, 9.17) is 10.2 Å². The molecule has 0 aromatic rings. The molecule has 0 spiro atoms. The third-order valence-electron chi connectivity index (χ3n) is 21.4. The standard InChI is InChI=1S/C11H22O.C10H20O2.C9H18O.C8H16O2.4C8H16/c1-8(2)10-5-4-9(3)11(12)7-6-10;1-7(2)8-3-5-9(11)10(12)6-4-8;1-6(2)8-4-7(3)9(10)5-8;1-5(2)6-3-7(9)8(10)4-6;4*1-6(2)7-5-8(7,3)4/h8-12H,4-7H2,1-3H3;7-12H,3-6H2,1-2H3;6-10H,4-5H2,1-3H3;5-10H,3-4H2,1-2H3;4*6-7H,5H2,1-4H3/t9-,10-,11-;8?,9-,10+;7-,8-,9-;6?,7-,8+;4*7-/m0.0.1100/s1. The van der Waals surface area contributed by atoms with Crippen LogP contribution in [-0.4, -0.2) is 67.3 Å². The van der Waals surface area contributed by atoms with Gasteiger partial charge in [-0.25, -0.2) is 0 Å². The summed E-state index contributed by atoms with van der Waals surface area (Å²) >= 11 is 0. The van der Waals surface area contributed by atoms with Gasteiger partial charge in [0, 0.05) is 0 Å². The fourth-order valence-electron chi connectivity index (χ4n) is 14.1. The van der Waals surface area contributed by atoms with E-state index in [1.54, 1.807) is 0 Å². The molecule has 76 heavy (non-hydrogen) atoms. The highest BCUT2D eigenvalue weighted by Gasteiger charge is 2.49. The maximum Gasteiger partial charge on any atom is 0.0802 e. The summed E-state index contributed by atoms with van der Waals surface area (Å²) in [5, 5.41) is 56.2. The minimum Gasteiger partial charge on any atom is -0.393 e. The van der Waals surface area contributed by atoms with E-state index >= 15 is 0 Å². The van der Waals surface area contributed by atoms with Crippen molar-refractivity contribution in [3.05, 3.63) is 0 Å². The van der Waals surface area contributed by atoms with Gasteiger partial charge in [-0.15, -0.1) is 0 Å². The van der Waals surface area contributed by atoms with Gasteiger partial charge in [-0.3, -0.25) is 0 Å². The number of rotatable bonds is 8. The highest BCUT2D eigenvalue weighted by Crippen LogP contribution is 2.57. The fourth-order valence-corrected chi connectivity index (χ4v) is 14.1. The van der Waals surface area contributed by atoms with E-state index in [2.05, 4.69) is 180 Å². The maximum atomic E-state index is 9.66. The molecule has 0 bridgehead atoms. The molecule has 0 heterocycles. The van der Waals surface area contributed by atoms with Crippen molar-refractivity contribution in [2.24, 2.45) is 128 Å². The van der Waals surface area contributed by atoms with Crippen LogP contribution in [0.2, 0.25) is 0 Å². The smallest absolute Gasteiger partial charge is 0.0802 e. The Morgan fingerprint density at radius 3 is 0.645 bits per heavy atom. The van der Waals surface area contributed by atoms with Gasteiger partial charge in [0.1, 0.15) is 0 Å². The Balaban J connectivity index is 0.000000436. The fraction of sp³-hybridized carbons (Fsp3) is 1.00. The van der Waals surface area contributed by atoms with E-state index in [9.17, 15) is 20.4 Å². The van der Waals surface area contributed by atoms with Crippen LogP contribution >= 0.6 is 0 Å². The molecule has 8 aliphatic rings. The van der Waals surface area contributed by atoms with Crippen molar-refractivity contribution < 1.29 is 30.6 Å². The summed E-state index contributed by atoms with van der Waals surface area (Å²) in [4.78, 5) is 0. The molecular weight excluding hydrogens is 937 g/mol. The SMILES string of the molecule is CC(C)C1CC[C@@H](O)[C@@H](O)CC1.CC(C)C1C[C@@H](O)[C@@H](O)C1.CC(C)[C@@H]1CC1(C)C.CC(C)[C@@H]1CC1(C)C.CC(C)[C@H]1CC1(C)C.CC(C)[C@H]1CC1(C)C.CC(C)[C@H]1CC[C@H](C)[C@@H](O)CC1.CC(C)[C@H]1C[C@H](C)[C@@H](O)C1. The molecule has 0 saturated heterocycles. The molecule has 0 radical (unpaired) electrons. The van der Waals surface area contributed by atoms with Crippen LogP contribution in [0.15, 0.2) is 0 Å². The van der Waals surface area contributed by atoms with Crippen LogP contribution in [0.5, 0.6) is 0 Å². The zero-order valence-electron chi connectivity index (χ0n) is 55.9. The van der Waals surface area contributed by atoms with Crippen molar-refractivity contribution in [2.75, 3.05) is 0 Å². The number of aliphatic hydroxyl groups excluding tert-OH is 6. The van der Waals surface area contributed by atoms with E-state index in [0.717, 1.165) is 122 Å². The van der Waals surface area contributed by atoms with E-state index in [1.165, 1.54) is 51.4 Å². The predicted molar refractivity (Wildman–Crippen MR) is 330 cm³/mol. The van der Waals surface area contributed by atoms with Crippen LogP contribution < -0.4 is 0 Å². The first kappa shape index (κ1) is 73.8. The summed E-state index contributed by atoms with van der Waals surface area (Å²) in [6.45, 7) is 59.5. The summed E-state index contributed by atoms with van der Waals surface area (Å²) in [7, 11) is 0. The molecule has 0 amide bonds. The Hall–Kier alpha value is -0.240. The van der Waals surface area contributed by atoms with Crippen LogP contribution in [0.3, 0.4) is 0 Å². The Morgan fingerprint density at radius 2 is 0.474 bits per heavy atom. The molecule has 6 nitrogen and oxygen atoms in total. The summed E-state index contributed by atoms with van der Waals surface area (Å²) < 4.78 is 0. The molecule has 16 atom stereocenters. The zero-order valence-corrected chi connectivity index (χ0v) is 55.9. The topological polar surface area (TPSA) is 121 Å². The van der Waals surface area contributed by atoms with Crippen molar-refractivity contribution in [3.8, 4) is 0 Å². The van der Waals surface area contributed by atoms with Gasteiger partial charge < -0.3 is 30.6 Å². The van der Waals surface area contributed by atoms with Crippen LogP contribution in [-0.2, 0) is 0 Å². The lowest BCUT2D eigenvalue weighted by molar-refractivity contribution is 0.0157. The van der Waals surface area contributed by atoms with Crippen LogP contribution in [0.1, 0.15) is 283 Å². The molecule has 0 aliphatic heterocycles. The largest absolute Gasteiger partial charge is 0.393 e. The third-order valence-corrected chi connectivity index (χ3v) is 21.4. The molecule has 456 valence electrons. The minimum absolute atomic E-state index is 0.0209. The average Bonchev–Trinajstić information content (AvgIpc) is 4.26. The van der Waals surface area contributed by atoms with Crippen LogP contribution in [0.4, 0.5) is 0 Å². The lowest BCUT2D eigenvalue weighted by Gasteiger charge is -2.17. The molecule has 8 fully saturated rings. The second-order valence-electron chi connectivity index (χ2n) is 32.8. The summed E-state index contributed by atoms with van der Waals surface area (Å²) in [5.41, 5.74) is 2.75. The van der Waals surface area contributed by atoms with Crippen molar-refractivity contribution in [3.63, 3.8) is 0 Å². The van der Waals surface area contributed by atoms with Gasteiger partial charge in [-0.05, 0) is 231 Å². The van der Waals surface area contributed by atoms with Gasteiger partial charge in [0.2, 0.25) is 0 Å². The van der Waals surface area contributed by atoms with Gasteiger partial charge >= 0.3 is 0 Å². The Labute approximate surface area is 476 Å². The molecule has 8 rings (SSSR count). The van der Waals surface area contributed by atoms with E-state index in [0.29, 0.717) is 57.2 Å². The summed E-state index contributed by atoms with van der Waals surface area (Å²) in [5.74, 6) is 14.4. The first-order valence-electron chi connectivity index (χ1n) is 32.7. The van der Waals surface area contributed by atoms with Crippen LogP contribution in [0, 0.1) is 128 Å². The Morgan fingerprint density at radius 1 is 0.250 bits per heavy atom. The normalized spacial score (nSPS) is 36.9. The third kappa shape index (κ3) is 27.2. The number of hydrogen-bond donors (Lipinski definition) is 6. The molecule has 8 aliphatic carbocycles. The highest BCUT2D eigenvalue weighted by molar-refractivity contribution is 4.98. The van der Waals surface area contributed by atoms with E-state index in [1.807, 2.05) is 0 Å². The molecule has 6 heteroatoms. The van der Waals surface area contributed by atoms with Crippen molar-refractivity contribution in [2.45, 2.75) is 319 Å². The monoisotopic (exact) mass is 1080 g/mol. The second-order valence-corrected chi connectivity index (χ2v) is 32.8. The van der Waals surface area contributed by atoms with Gasteiger partial charge in [0.05, 0.1) is 36.6 Å². The number of hydrogen-bond acceptors (Lipinski definition) is 6. The molecule has 2 unspecified atom stereocenters. The van der Waals surface area contributed by atoms with E-state index in [-0.39, 0.29) is 12.2 Å². The molecule has 0 aromatic carbocycles. The van der Waals surface area contributed by atoms with E-state index < -0.39 is 24.4 Å². The Bertz CT molecular complexity index is 1320. The highest BCUT2D eigenvalue weighted by atomic mass is 16.3. The van der Waals surface area contributed by atoms with Crippen molar-refractivity contribution >= 4 is 0 Å². The minimum atomic E-state index is -0.478. The molecular formula is C70H140O6. The number of aliphatic hydroxyl groups is 6. The maximum absolute atomic E-state index is 9.66. The zero-order chi connectivity index (χ0) is 59.2. The van der Waals surface area contributed by atoms with Gasteiger partial charge in [-0.2, -0.15) is 0 Å². The van der Waals surface area contributed by atoms with Gasteiger partial charge in [0.15, 0.2) is 0 Å². The summed E-state index contributed by atoms with van der Waals surface area (Å²) in [6.07, 6.45) is 16.1. The Kier molecular flexibility index (Phi) is 31.6. The van der Waals surface area contributed by atoms with Gasteiger partial charge in [0.25, 0.3) is 0 Å². The molecule has 0 aromatic heterocycles. The van der Waals surface area contributed by atoms with Crippen LogP contribution in [0.25, 0.3) is 0 Å². The lowest BCUT2D eigenvalue weighted by Crippen LogP contribution is -2.23. The predicted octanol–water partition coefficient (Wildman–Crippen LogP) is 18.0. The van der Waals surface area contributed by atoms with Gasteiger partial charge in [-0.1, -0.05) is 180 Å². The quantitative estimate of drug-likeness (QED) is 0.135. The lowest BCUT2D eigenvalue weighted by atomic mass is 9.89. The first-order valence-corrected chi connectivity index (χ1v) is 32.7. The summed E-state index contributed by atoms with van der Waals surface area (Å²) in [6, 6.07) is 0. The molecule has 8 saturated carbocycles. The first-order chi connectivity index (χ1) is 34.6. The second kappa shape index (κ2) is 32.6. The average molecular weight is 1080 g/mol.